The number of fused-ring (bicyclic) bond motifs is 1. The fourth-order valence-electron chi connectivity index (χ4n) is 2.88. The highest BCUT2D eigenvalue weighted by molar-refractivity contribution is 5.88. The van der Waals surface area contributed by atoms with Gasteiger partial charge in [0.25, 0.3) is 0 Å². The molecular weight excluding hydrogens is 374 g/mol. The van der Waals surface area contributed by atoms with Gasteiger partial charge in [0.05, 0.1) is 32.9 Å². The first kappa shape index (κ1) is 22.4. The van der Waals surface area contributed by atoms with E-state index in [0.29, 0.717) is 19.1 Å². The first-order chi connectivity index (χ1) is 14.1. The van der Waals surface area contributed by atoms with Crippen molar-refractivity contribution in [3.8, 4) is 11.5 Å². The van der Waals surface area contributed by atoms with Crippen LogP contribution in [0.5, 0.6) is 11.5 Å². The Labute approximate surface area is 171 Å². The Bertz CT molecular complexity index is 819. The second kappa shape index (κ2) is 11.8. The number of H-pyrrole nitrogens is 1. The summed E-state index contributed by atoms with van der Waals surface area (Å²) in [6.45, 7) is 1.86. The average molecular weight is 405 g/mol. The van der Waals surface area contributed by atoms with E-state index in [2.05, 4.69) is 32.0 Å². The molecular formula is C20H31N5O4. The van der Waals surface area contributed by atoms with Crippen LogP contribution in [-0.2, 0) is 16.0 Å². The number of benzene rings is 1. The van der Waals surface area contributed by atoms with Gasteiger partial charge < -0.3 is 35.1 Å². The van der Waals surface area contributed by atoms with Crippen molar-refractivity contribution in [3.05, 3.63) is 23.9 Å². The monoisotopic (exact) mass is 405 g/mol. The van der Waals surface area contributed by atoms with E-state index >= 15 is 0 Å². The van der Waals surface area contributed by atoms with E-state index in [4.69, 9.17) is 14.2 Å². The van der Waals surface area contributed by atoms with E-state index in [1.54, 1.807) is 28.4 Å². The lowest BCUT2D eigenvalue weighted by Gasteiger charge is -2.11. The molecule has 29 heavy (non-hydrogen) atoms. The fourth-order valence-corrected chi connectivity index (χ4v) is 2.88. The number of rotatable bonds is 11. The molecule has 0 unspecified atom stereocenters. The van der Waals surface area contributed by atoms with Crippen molar-refractivity contribution < 1.29 is 19.0 Å². The van der Waals surface area contributed by atoms with Crippen molar-refractivity contribution in [1.82, 2.24) is 20.9 Å². The maximum atomic E-state index is 11.7. The SMILES string of the molecule is CN=C(NCCCc1cc2c(OC)cc(OC)cc2[nH]1)NCC(=O)NCCOC. The van der Waals surface area contributed by atoms with Crippen molar-refractivity contribution in [2.45, 2.75) is 12.8 Å². The predicted octanol–water partition coefficient (Wildman–Crippen LogP) is 1.05. The quantitative estimate of drug-likeness (QED) is 0.253. The van der Waals surface area contributed by atoms with Crippen LogP contribution in [0.25, 0.3) is 10.9 Å². The molecule has 0 atom stereocenters. The summed E-state index contributed by atoms with van der Waals surface area (Å²) in [5, 5.41) is 9.99. The van der Waals surface area contributed by atoms with Gasteiger partial charge in [0.15, 0.2) is 5.96 Å². The molecule has 2 rings (SSSR count). The fraction of sp³-hybridized carbons (Fsp3) is 0.500. The minimum absolute atomic E-state index is 0.104. The minimum atomic E-state index is -0.104. The largest absolute Gasteiger partial charge is 0.497 e. The number of carbonyl (C=O) groups is 1. The molecule has 9 nitrogen and oxygen atoms in total. The first-order valence-electron chi connectivity index (χ1n) is 9.55. The molecule has 1 aromatic carbocycles. The molecule has 0 aliphatic rings. The third-order valence-electron chi connectivity index (χ3n) is 4.37. The topological polar surface area (TPSA) is 109 Å². The second-order valence-electron chi connectivity index (χ2n) is 6.38. The van der Waals surface area contributed by atoms with Gasteiger partial charge in [-0.3, -0.25) is 9.79 Å². The third kappa shape index (κ3) is 6.86. The van der Waals surface area contributed by atoms with Crippen molar-refractivity contribution in [2.75, 3.05) is 54.6 Å². The van der Waals surface area contributed by atoms with Crippen molar-refractivity contribution in [3.63, 3.8) is 0 Å². The number of aliphatic imine (C=N–C) groups is 1. The Morgan fingerprint density at radius 2 is 1.90 bits per heavy atom. The van der Waals surface area contributed by atoms with Crippen LogP contribution < -0.4 is 25.4 Å². The van der Waals surface area contributed by atoms with Crippen LogP contribution in [-0.4, -0.2) is 71.5 Å². The van der Waals surface area contributed by atoms with E-state index in [1.807, 2.05) is 12.1 Å². The van der Waals surface area contributed by atoms with E-state index < -0.39 is 0 Å². The van der Waals surface area contributed by atoms with E-state index in [9.17, 15) is 4.79 Å². The highest BCUT2D eigenvalue weighted by atomic mass is 16.5. The van der Waals surface area contributed by atoms with Crippen LogP contribution in [0.4, 0.5) is 0 Å². The zero-order valence-electron chi connectivity index (χ0n) is 17.6. The van der Waals surface area contributed by atoms with Crippen LogP contribution in [0.15, 0.2) is 23.2 Å². The van der Waals surface area contributed by atoms with Gasteiger partial charge in [-0.1, -0.05) is 0 Å². The zero-order chi connectivity index (χ0) is 21.1. The number of ether oxygens (including phenoxy) is 3. The molecule has 0 bridgehead atoms. The Morgan fingerprint density at radius 3 is 2.59 bits per heavy atom. The van der Waals surface area contributed by atoms with Crippen LogP contribution in [0, 0.1) is 0 Å². The molecule has 0 aliphatic carbocycles. The Hall–Kier alpha value is -2.94. The highest BCUT2D eigenvalue weighted by Gasteiger charge is 2.09. The number of hydrogen-bond donors (Lipinski definition) is 4. The van der Waals surface area contributed by atoms with E-state index in [-0.39, 0.29) is 12.5 Å². The summed E-state index contributed by atoms with van der Waals surface area (Å²) < 4.78 is 15.7. The lowest BCUT2D eigenvalue weighted by molar-refractivity contribution is -0.120. The zero-order valence-corrected chi connectivity index (χ0v) is 17.6. The van der Waals surface area contributed by atoms with E-state index in [1.165, 1.54) is 0 Å². The molecule has 9 heteroatoms. The number of aromatic amines is 1. The van der Waals surface area contributed by atoms with Gasteiger partial charge in [-0.05, 0) is 18.9 Å². The molecule has 0 fully saturated rings. The van der Waals surface area contributed by atoms with Crippen LogP contribution in [0.2, 0.25) is 0 Å². The summed E-state index contributed by atoms with van der Waals surface area (Å²) in [5.41, 5.74) is 2.11. The van der Waals surface area contributed by atoms with Crippen LogP contribution in [0.1, 0.15) is 12.1 Å². The summed E-state index contributed by atoms with van der Waals surface area (Å²) in [5.74, 6) is 2.03. The van der Waals surface area contributed by atoms with Crippen molar-refractivity contribution in [2.24, 2.45) is 4.99 Å². The van der Waals surface area contributed by atoms with Crippen molar-refractivity contribution >= 4 is 22.8 Å². The molecule has 0 radical (unpaired) electrons. The molecule has 2 aromatic rings. The van der Waals surface area contributed by atoms with Gasteiger partial charge in [0.1, 0.15) is 11.5 Å². The number of amides is 1. The molecule has 1 heterocycles. The minimum Gasteiger partial charge on any atom is -0.497 e. The Morgan fingerprint density at radius 1 is 1.07 bits per heavy atom. The Kier molecular flexibility index (Phi) is 9.10. The number of guanidine groups is 1. The maximum absolute atomic E-state index is 11.7. The molecule has 0 spiro atoms. The van der Waals surface area contributed by atoms with E-state index in [0.717, 1.165) is 47.5 Å². The first-order valence-corrected chi connectivity index (χ1v) is 9.55. The lowest BCUT2D eigenvalue weighted by Crippen LogP contribution is -2.44. The number of carbonyl (C=O) groups excluding carboxylic acids is 1. The molecule has 4 N–H and O–H groups in total. The number of methoxy groups -OCH3 is 3. The van der Waals surface area contributed by atoms with Gasteiger partial charge in [-0.2, -0.15) is 0 Å². The predicted molar refractivity (Wildman–Crippen MR) is 114 cm³/mol. The summed E-state index contributed by atoms with van der Waals surface area (Å²) >= 11 is 0. The summed E-state index contributed by atoms with van der Waals surface area (Å²) in [6.07, 6.45) is 1.76. The standard InChI is InChI=1S/C20H31N5O4/c1-21-20(24-13-19(26)22-8-9-27-2)23-7-5-6-14-10-16-17(25-14)11-15(28-3)12-18(16)29-4/h10-12,25H,5-9,13H2,1-4H3,(H,22,26)(H2,21,23,24). The van der Waals surface area contributed by atoms with Crippen LogP contribution in [0.3, 0.4) is 0 Å². The Balaban J connectivity index is 1.78. The average Bonchev–Trinajstić information content (AvgIpc) is 3.15. The molecule has 1 amide bonds. The normalized spacial score (nSPS) is 11.4. The maximum Gasteiger partial charge on any atom is 0.239 e. The van der Waals surface area contributed by atoms with Gasteiger partial charge >= 0.3 is 0 Å². The smallest absolute Gasteiger partial charge is 0.239 e. The van der Waals surface area contributed by atoms with Crippen LogP contribution >= 0.6 is 0 Å². The number of nitrogens with one attached hydrogen (secondary N) is 4. The number of aryl methyl sites for hydroxylation is 1. The number of aromatic nitrogens is 1. The summed E-state index contributed by atoms with van der Waals surface area (Å²) in [6, 6.07) is 5.94. The molecule has 0 saturated heterocycles. The van der Waals surface area contributed by atoms with Gasteiger partial charge in [0, 0.05) is 50.5 Å². The highest BCUT2D eigenvalue weighted by Crippen LogP contribution is 2.31. The molecule has 1 aromatic heterocycles. The summed E-state index contributed by atoms with van der Waals surface area (Å²) in [7, 11) is 6.57. The van der Waals surface area contributed by atoms with Gasteiger partial charge in [-0.15, -0.1) is 0 Å². The van der Waals surface area contributed by atoms with Crippen molar-refractivity contribution in [1.29, 1.82) is 0 Å². The molecule has 160 valence electrons. The van der Waals surface area contributed by atoms with Gasteiger partial charge in [-0.25, -0.2) is 0 Å². The number of nitrogens with zero attached hydrogens (tertiary/aromatic N) is 1. The lowest BCUT2D eigenvalue weighted by atomic mass is 10.2. The molecule has 0 aliphatic heterocycles. The molecule has 0 saturated carbocycles. The number of hydrogen-bond acceptors (Lipinski definition) is 5. The third-order valence-corrected chi connectivity index (χ3v) is 4.37. The second-order valence-corrected chi connectivity index (χ2v) is 6.38. The van der Waals surface area contributed by atoms with Gasteiger partial charge in [0.2, 0.25) is 5.91 Å². The summed E-state index contributed by atoms with van der Waals surface area (Å²) in [4.78, 5) is 19.2.